The molecule has 0 atom stereocenters. The molecule has 0 unspecified atom stereocenters. The van der Waals surface area contributed by atoms with E-state index in [1.165, 1.54) is 0 Å². The third-order valence-corrected chi connectivity index (χ3v) is 0.854. The highest BCUT2D eigenvalue weighted by molar-refractivity contribution is 6.28. The Morgan fingerprint density at radius 1 is 1.75 bits per heavy atom. The van der Waals surface area contributed by atoms with Crippen LogP contribution in [0.5, 0.6) is 0 Å². The summed E-state index contributed by atoms with van der Waals surface area (Å²) in [7, 11) is 0. The van der Waals surface area contributed by atoms with Crippen LogP contribution in [0.15, 0.2) is 0 Å². The molecule has 0 aliphatic rings. The van der Waals surface area contributed by atoms with Crippen molar-refractivity contribution in [3.63, 3.8) is 0 Å². The molecular formula is C4H5ClF2O. The maximum absolute atomic E-state index is 11.7. The van der Waals surface area contributed by atoms with Crippen molar-refractivity contribution < 1.29 is 13.6 Å². The molecule has 48 valence electrons. The van der Waals surface area contributed by atoms with Crippen molar-refractivity contribution in [2.24, 2.45) is 0 Å². The largest absolute Gasteiger partial charge is 0.303 e. The van der Waals surface area contributed by atoms with Crippen molar-refractivity contribution in [3.05, 3.63) is 0 Å². The van der Waals surface area contributed by atoms with E-state index in [9.17, 15) is 13.6 Å². The highest BCUT2D eigenvalue weighted by Crippen LogP contribution is 2.12. The van der Waals surface area contributed by atoms with Crippen LogP contribution in [0.4, 0.5) is 8.78 Å². The Morgan fingerprint density at radius 3 is 2.12 bits per heavy atom. The summed E-state index contributed by atoms with van der Waals surface area (Å²) >= 11 is 4.81. The second kappa shape index (κ2) is 2.40. The highest BCUT2D eigenvalue weighted by Gasteiger charge is 2.30. The number of carbonyl (C=O) groups excluding carboxylic acids is 1. The zero-order valence-corrected chi connectivity index (χ0v) is 5.01. The van der Waals surface area contributed by atoms with E-state index in [0.717, 1.165) is 0 Å². The van der Waals surface area contributed by atoms with E-state index in [4.69, 9.17) is 11.6 Å². The molecule has 1 nitrogen and oxygen atoms in total. The van der Waals surface area contributed by atoms with Crippen molar-refractivity contribution in [3.8, 4) is 0 Å². The molecule has 0 aromatic heterocycles. The number of Topliss-reactive ketones (excluding diaryl/α,β-unsaturated/α-hetero) is 1. The first-order valence-electron chi connectivity index (χ1n) is 1.95. The summed E-state index contributed by atoms with van der Waals surface area (Å²) in [5.74, 6) is -5.12. The minimum Gasteiger partial charge on any atom is -0.292 e. The molecule has 0 saturated heterocycles. The molecule has 0 amide bonds. The van der Waals surface area contributed by atoms with Gasteiger partial charge in [0.25, 0.3) is 0 Å². The molecule has 0 aromatic carbocycles. The van der Waals surface area contributed by atoms with Crippen molar-refractivity contribution in [1.29, 1.82) is 0 Å². The Labute approximate surface area is 50.6 Å². The topological polar surface area (TPSA) is 17.1 Å². The lowest BCUT2D eigenvalue weighted by Gasteiger charge is -2.03. The first kappa shape index (κ1) is 7.82. The Morgan fingerprint density at radius 2 is 2.12 bits per heavy atom. The van der Waals surface area contributed by atoms with Crippen molar-refractivity contribution in [1.82, 2.24) is 0 Å². The second-order valence-corrected chi connectivity index (χ2v) is 1.71. The molecule has 0 aromatic rings. The summed E-state index contributed by atoms with van der Waals surface area (Å²) in [5.41, 5.74) is 0. The fourth-order valence-electron chi connectivity index (χ4n) is 0.117. The van der Waals surface area contributed by atoms with Gasteiger partial charge in [0.1, 0.15) is 0 Å². The molecule has 0 radical (unpaired) electrons. The first-order chi connectivity index (χ1) is 3.48. The molecule has 0 heterocycles. The van der Waals surface area contributed by atoms with E-state index in [2.05, 4.69) is 0 Å². The standard InChI is InChI=1S/C4H5ClF2O/c1-4(6,7)3(8)2-5/h2H2,1H3. The average molecular weight is 143 g/mol. The summed E-state index contributed by atoms with van der Waals surface area (Å²) in [6, 6.07) is 0. The van der Waals surface area contributed by atoms with E-state index in [1.807, 2.05) is 0 Å². The lowest BCUT2D eigenvalue weighted by atomic mass is 10.3. The minimum absolute atomic E-state index is 0.526. The lowest BCUT2D eigenvalue weighted by molar-refractivity contribution is -0.137. The molecule has 0 fully saturated rings. The van der Waals surface area contributed by atoms with E-state index in [0.29, 0.717) is 6.92 Å². The maximum Gasteiger partial charge on any atom is 0.303 e. The SMILES string of the molecule is CC(F)(F)C(=O)CCl. The predicted molar refractivity (Wildman–Crippen MR) is 26.3 cm³/mol. The van der Waals surface area contributed by atoms with Gasteiger partial charge in [-0.15, -0.1) is 11.6 Å². The fourth-order valence-corrected chi connectivity index (χ4v) is 0.352. The molecule has 0 rings (SSSR count). The number of ketones is 1. The molecule has 4 heteroatoms. The van der Waals surface area contributed by atoms with Gasteiger partial charge in [-0.25, -0.2) is 0 Å². The smallest absolute Gasteiger partial charge is 0.292 e. The summed E-state index contributed by atoms with van der Waals surface area (Å²) in [4.78, 5) is 9.95. The molecule has 0 bridgehead atoms. The monoisotopic (exact) mass is 142 g/mol. The van der Waals surface area contributed by atoms with Crippen LogP contribution in [0.2, 0.25) is 0 Å². The Kier molecular flexibility index (Phi) is 2.34. The molecule has 0 aliphatic heterocycles. The van der Waals surface area contributed by atoms with Crippen LogP contribution < -0.4 is 0 Å². The van der Waals surface area contributed by atoms with Gasteiger partial charge in [0.05, 0.1) is 5.88 Å². The van der Waals surface area contributed by atoms with Gasteiger partial charge in [0.15, 0.2) is 0 Å². The summed E-state index contributed by atoms with van der Waals surface area (Å²) in [5, 5.41) is 0. The quantitative estimate of drug-likeness (QED) is 0.534. The summed E-state index contributed by atoms with van der Waals surface area (Å²) in [6.07, 6.45) is 0. The van der Waals surface area contributed by atoms with Crippen molar-refractivity contribution in [2.75, 3.05) is 5.88 Å². The van der Waals surface area contributed by atoms with Crippen LogP contribution >= 0.6 is 11.6 Å². The average Bonchev–Trinajstić information content (AvgIpc) is 1.62. The lowest BCUT2D eigenvalue weighted by Crippen LogP contribution is -2.25. The fraction of sp³-hybridized carbons (Fsp3) is 0.750. The van der Waals surface area contributed by atoms with E-state index in [-0.39, 0.29) is 0 Å². The molecule has 8 heavy (non-hydrogen) atoms. The van der Waals surface area contributed by atoms with Gasteiger partial charge in [-0.1, -0.05) is 0 Å². The minimum atomic E-state index is -3.26. The van der Waals surface area contributed by atoms with Gasteiger partial charge in [0, 0.05) is 6.92 Å². The van der Waals surface area contributed by atoms with Crippen molar-refractivity contribution >= 4 is 17.4 Å². The second-order valence-electron chi connectivity index (χ2n) is 1.45. The Bertz CT molecular complexity index is 96.7. The van der Waals surface area contributed by atoms with Gasteiger partial charge < -0.3 is 0 Å². The Hall–Kier alpha value is -0.180. The van der Waals surface area contributed by atoms with Gasteiger partial charge in [-0.2, -0.15) is 8.78 Å². The van der Waals surface area contributed by atoms with Crippen LogP contribution in [-0.4, -0.2) is 17.6 Å². The third-order valence-electron chi connectivity index (χ3n) is 0.611. The molecule has 0 saturated carbocycles. The predicted octanol–water partition coefficient (Wildman–Crippen LogP) is 1.45. The van der Waals surface area contributed by atoms with Crippen molar-refractivity contribution in [2.45, 2.75) is 12.8 Å². The first-order valence-corrected chi connectivity index (χ1v) is 2.49. The molecular weight excluding hydrogens is 137 g/mol. The number of alkyl halides is 3. The maximum atomic E-state index is 11.7. The van der Waals surface area contributed by atoms with E-state index in [1.54, 1.807) is 0 Å². The number of halogens is 3. The summed E-state index contributed by atoms with van der Waals surface area (Å²) < 4.78 is 23.4. The number of hydrogen-bond acceptors (Lipinski definition) is 1. The van der Waals surface area contributed by atoms with Crippen LogP contribution in [-0.2, 0) is 4.79 Å². The molecule has 0 spiro atoms. The zero-order valence-electron chi connectivity index (χ0n) is 4.25. The van der Waals surface area contributed by atoms with Gasteiger partial charge in [0.2, 0.25) is 5.78 Å². The van der Waals surface area contributed by atoms with Crippen LogP contribution in [0.25, 0.3) is 0 Å². The number of hydrogen-bond donors (Lipinski definition) is 0. The Balaban J connectivity index is 3.82. The molecule has 0 aliphatic carbocycles. The van der Waals surface area contributed by atoms with E-state index >= 15 is 0 Å². The van der Waals surface area contributed by atoms with Crippen LogP contribution in [0.1, 0.15) is 6.92 Å². The van der Waals surface area contributed by atoms with Gasteiger partial charge >= 0.3 is 5.92 Å². The van der Waals surface area contributed by atoms with Gasteiger partial charge in [-0.05, 0) is 0 Å². The van der Waals surface area contributed by atoms with Crippen LogP contribution in [0, 0.1) is 0 Å². The zero-order chi connectivity index (χ0) is 6.78. The number of rotatable bonds is 2. The van der Waals surface area contributed by atoms with E-state index < -0.39 is 17.6 Å². The number of carbonyl (C=O) groups is 1. The summed E-state index contributed by atoms with van der Waals surface area (Å²) in [6.45, 7) is 0.526. The van der Waals surface area contributed by atoms with Gasteiger partial charge in [-0.3, -0.25) is 4.79 Å². The molecule has 0 N–H and O–H groups in total. The van der Waals surface area contributed by atoms with Crippen LogP contribution in [0.3, 0.4) is 0 Å². The highest BCUT2D eigenvalue weighted by atomic mass is 35.5. The normalized spacial score (nSPS) is 11.5. The third kappa shape index (κ3) is 2.21.